The highest BCUT2D eigenvalue weighted by atomic mass is 32.2. The molecule has 1 fully saturated rings. The molecule has 0 N–H and O–H groups in total. The summed E-state index contributed by atoms with van der Waals surface area (Å²) in [7, 11) is -3.34. The number of nitrogens with zero attached hydrogens (tertiary/aromatic N) is 2. The number of hydrogen-bond acceptors (Lipinski definition) is 4. The molecule has 1 aromatic carbocycles. The lowest BCUT2D eigenvalue weighted by Gasteiger charge is -2.33. The Morgan fingerprint density at radius 2 is 1.75 bits per heavy atom. The molecule has 0 aromatic heterocycles. The fraction of sp³-hybridized carbons (Fsp3) is 0.571. The minimum atomic E-state index is -3.34. The van der Waals surface area contributed by atoms with Crippen LogP contribution < -0.4 is 0 Å². The van der Waals surface area contributed by atoms with Crippen molar-refractivity contribution in [2.45, 2.75) is 11.8 Å². The predicted molar refractivity (Wildman–Crippen MR) is 78.1 cm³/mol. The molecule has 0 unspecified atom stereocenters. The summed E-state index contributed by atoms with van der Waals surface area (Å²) in [5.74, 6) is 0. The first kappa shape index (κ1) is 15.4. The summed E-state index contributed by atoms with van der Waals surface area (Å²) in [6, 6.07) is 8.63. The Kier molecular flexibility index (Phi) is 5.54. The second-order valence-corrected chi connectivity index (χ2v) is 6.69. The maximum atomic E-state index is 12.4. The number of hydrogen-bond donors (Lipinski definition) is 0. The summed E-state index contributed by atoms with van der Waals surface area (Å²) < 4.78 is 31.8. The summed E-state index contributed by atoms with van der Waals surface area (Å²) in [5.41, 5.74) is 0. The first-order valence-corrected chi connectivity index (χ1v) is 8.44. The van der Waals surface area contributed by atoms with E-state index in [0.717, 1.165) is 26.2 Å². The van der Waals surface area contributed by atoms with E-state index >= 15 is 0 Å². The molecule has 0 radical (unpaired) electrons. The SMILES string of the molecule is CCOCCN1CCN(S(=O)(=O)c2ccccc2)CC1. The third-order valence-corrected chi connectivity index (χ3v) is 5.38. The molecule has 5 nitrogen and oxygen atoms in total. The van der Waals surface area contributed by atoms with Gasteiger partial charge in [0.25, 0.3) is 0 Å². The molecular formula is C14H22N2O3S. The van der Waals surface area contributed by atoms with Crippen molar-refractivity contribution in [1.29, 1.82) is 0 Å². The van der Waals surface area contributed by atoms with E-state index in [1.54, 1.807) is 28.6 Å². The lowest BCUT2D eigenvalue weighted by atomic mass is 10.3. The quantitative estimate of drug-likeness (QED) is 0.736. The van der Waals surface area contributed by atoms with Gasteiger partial charge in [0.05, 0.1) is 11.5 Å². The van der Waals surface area contributed by atoms with Crippen molar-refractivity contribution in [3.63, 3.8) is 0 Å². The van der Waals surface area contributed by atoms with Gasteiger partial charge in [0.1, 0.15) is 0 Å². The largest absolute Gasteiger partial charge is 0.380 e. The summed E-state index contributed by atoms with van der Waals surface area (Å²) >= 11 is 0. The summed E-state index contributed by atoms with van der Waals surface area (Å²) in [6.07, 6.45) is 0. The minimum absolute atomic E-state index is 0.378. The molecule has 1 heterocycles. The van der Waals surface area contributed by atoms with E-state index in [1.807, 2.05) is 13.0 Å². The van der Waals surface area contributed by atoms with Crippen LogP contribution in [0, 0.1) is 0 Å². The van der Waals surface area contributed by atoms with Crippen molar-refractivity contribution in [3.8, 4) is 0 Å². The molecular weight excluding hydrogens is 276 g/mol. The first-order chi connectivity index (χ1) is 9.64. The number of ether oxygens (including phenoxy) is 1. The van der Waals surface area contributed by atoms with Gasteiger partial charge >= 0.3 is 0 Å². The molecule has 0 spiro atoms. The molecule has 20 heavy (non-hydrogen) atoms. The molecule has 0 aliphatic carbocycles. The van der Waals surface area contributed by atoms with Crippen LogP contribution in [0.3, 0.4) is 0 Å². The summed E-state index contributed by atoms with van der Waals surface area (Å²) in [4.78, 5) is 2.62. The fourth-order valence-corrected chi connectivity index (χ4v) is 3.72. The fourth-order valence-electron chi connectivity index (χ4n) is 2.27. The molecule has 0 atom stereocenters. The van der Waals surface area contributed by atoms with Gasteiger partial charge in [0.2, 0.25) is 10.0 Å². The molecule has 1 aromatic rings. The Balaban J connectivity index is 1.90. The van der Waals surface area contributed by atoms with Gasteiger partial charge in [-0.3, -0.25) is 4.90 Å². The number of piperazine rings is 1. The van der Waals surface area contributed by atoms with Crippen molar-refractivity contribution >= 4 is 10.0 Å². The Hall–Kier alpha value is -0.950. The van der Waals surface area contributed by atoms with E-state index in [-0.39, 0.29) is 0 Å². The van der Waals surface area contributed by atoms with E-state index in [4.69, 9.17) is 4.74 Å². The minimum Gasteiger partial charge on any atom is -0.380 e. The Labute approximate surface area is 121 Å². The van der Waals surface area contributed by atoms with Crippen LogP contribution in [0.2, 0.25) is 0 Å². The molecule has 112 valence electrons. The molecule has 0 amide bonds. The maximum Gasteiger partial charge on any atom is 0.243 e. The standard InChI is InChI=1S/C14H22N2O3S/c1-2-19-13-12-15-8-10-16(11-9-15)20(17,18)14-6-4-3-5-7-14/h3-7H,2,8-13H2,1H3. The highest BCUT2D eigenvalue weighted by Gasteiger charge is 2.27. The van der Waals surface area contributed by atoms with Gasteiger partial charge in [-0.1, -0.05) is 18.2 Å². The van der Waals surface area contributed by atoms with Gasteiger partial charge in [-0.2, -0.15) is 4.31 Å². The summed E-state index contributed by atoms with van der Waals surface area (Å²) in [5, 5.41) is 0. The average molecular weight is 298 g/mol. The predicted octanol–water partition coefficient (Wildman–Crippen LogP) is 1.03. The Bertz CT molecular complexity index is 496. The Morgan fingerprint density at radius 3 is 2.35 bits per heavy atom. The lowest BCUT2D eigenvalue weighted by Crippen LogP contribution is -2.49. The van der Waals surface area contributed by atoms with Crippen LogP contribution in [0.25, 0.3) is 0 Å². The van der Waals surface area contributed by atoms with Crippen LogP contribution >= 0.6 is 0 Å². The zero-order valence-electron chi connectivity index (χ0n) is 11.9. The first-order valence-electron chi connectivity index (χ1n) is 7.00. The zero-order valence-corrected chi connectivity index (χ0v) is 12.7. The van der Waals surface area contributed by atoms with Crippen LogP contribution in [-0.2, 0) is 14.8 Å². The lowest BCUT2D eigenvalue weighted by molar-refractivity contribution is 0.0979. The van der Waals surface area contributed by atoms with E-state index in [9.17, 15) is 8.42 Å². The molecule has 1 aliphatic rings. The maximum absolute atomic E-state index is 12.4. The second-order valence-electron chi connectivity index (χ2n) is 4.76. The highest BCUT2D eigenvalue weighted by Crippen LogP contribution is 2.16. The van der Waals surface area contributed by atoms with Crippen molar-refractivity contribution < 1.29 is 13.2 Å². The van der Waals surface area contributed by atoms with Crippen molar-refractivity contribution in [2.24, 2.45) is 0 Å². The summed E-state index contributed by atoms with van der Waals surface area (Å²) in [6.45, 7) is 6.90. The van der Waals surface area contributed by atoms with Gasteiger partial charge in [-0.25, -0.2) is 8.42 Å². The van der Waals surface area contributed by atoms with Crippen LogP contribution in [0.5, 0.6) is 0 Å². The van der Waals surface area contributed by atoms with Gasteiger partial charge < -0.3 is 4.74 Å². The Morgan fingerprint density at radius 1 is 1.10 bits per heavy atom. The monoisotopic (exact) mass is 298 g/mol. The normalized spacial score (nSPS) is 18.2. The van der Waals surface area contributed by atoms with Crippen LogP contribution in [-0.4, -0.2) is 63.6 Å². The third kappa shape index (κ3) is 3.79. The zero-order chi connectivity index (χ0) is 14.4. The van der Waals surface area contributed by atoms with E-state index in [2.05, 4.69) is 4.90 Å². The molecule has 6 heteroatoms. The number of benzene rings is 1. The van der Waals surface area contributed by atoms with E-state index < -0.39 is 10.0 Å². The molecule has 0 saturated carbocycles. The molecule has 1 aliphatic heterocycles. The molecule has 2 rings (SSSR count). The van der Waals surface area contributed by atoms with Crippen molar-refractivity contribution in [2.75, 3.05) is 45.9 Å². The van der Waals surface area contributed by atoms with Crippen LogP contribution in [0.4, 0.5) is 0 Å². The topological polar surface area (TPSA) is 49.9 Å². The van der Waals surface area contributed by atoms with Crippen LogP contribution in [0.15, 0.2) is 35.2 Å². The van der Waals surface area contributed by atoms with Crippen LogP contribution in [0.1, 0.15) is 6.92 Å². The van der Waals surface area contributed by atoms with E-state index in [1.165, 1.54) is 0 Å². The smallest absolute Gasteiger partial charge is 0.243 e. The van der Waals surface area contributed by atoms with Crippen molar-refractivity contribution in [3.05, 3.63) is 30.3 Å². The van der Waals surface area contributed by atoms with Gasteiger partial charge in [-0.15, -0.1) is 0 Å². The molecule has 1 saturated heterocycles. The average Bonchev–Trinajstić information content (AvgIpc) is 2.49. The number of sulfonamides is 1. The number of rotatable bonds is 6. The molecule has 0 bridgehead atoms. The van der Waals surface area contributed by atoms with Gasteiger partial charge in [0, 0.05) is 39.3 Å². The van der Waals surface area contributed by atoms with Crippen molar-refractivity contribution in [1.82, 2.24) is 9.21 Å². The highest BCUT2D eigenvalue weighted by molar-refractivity contribution is 7.89. The van der Waals surface area contributed by atoms with E-state index in [0.29, 0.717) is 24.6 Å². The van der Waals surface area contributed by atoms with Gasteiger partial charge in [0.15, 0.2) is 0 Å². The second kappa shape index (κ2) is 7.17. The van der Waals surface area contributed by atoms with Gasteiger partial charge in [-0.05, 0) is 19.1 Å². The third-order valence-electron chi connectivity index (χ3n) is 3.47.